The van der Waals surface area contributed by atoms with E-state index in [4.69, 9.17) is 43.9 Å². The minimum absolute atomic E-state index is 0.218. The molecule has 8 heteroatoms. The minimum atomic E-state index is -4.22. The van der Waals surface area contributed by atoms with Gasteiger partial charge in [0.1, 0.15) is 11.5 Å². The summed E-state index contributed by atoms with van der Waals surface area (Å²) in [5.74, 6) is -1.53. The fourth-order valence-corrected chi connectivity index (χ4v) is 4.06. The molecule has 1 unspecified atom stereocenters. The van der Waals surface area contributed by atoms with Crippen molar-refractivity contribution in [3.05, 3.63) is 60.7 Å². The lowest BCUT2D eigenvalue weighted by atomic mass is 10.3. The molecule has 118 valence electrons. The average Bonchev–Trinajstić information content (AvgIpc) is 2.47. The van der Waals surface area contributed by atoms with E-state index < -0.39 is 17.2 Å². The molecule has 0 fully saturated rings. The van der Waals surface area contributed by atoms with Gasteiger partial charge in [0.2, 0.25) is 9.64 Å². The smallest absolute Gasteiger partial charge is 0.414 e. The quantitative estimate of drug-likeness (QED) is 0.583. The van der Waals surface area contributed by atoms with E-state index in [9.17, 15) is 9.67 Å². The molecule has 0 amide bonds. The van der Waals surface area contributed by atoms with Crippen molar-refractivity contribution in [3.8, 4) is 11.5 Å². The van der Waals surface area contributed by atoms with Crippen molar-refractivity contribution in [2.24, 2.45) is 0 Å². The first-order valence-corrected chi connectivity index (χ1v) is 8.90. The molecule has 0 bridgehead atoms. The zero-order chi connectivity index (χ0) is 16.2. The second kappa shape index (κ2) is 7.12. The number of aliphatic hydroxyl groups is 1. The van der Waals surface area contributed by atoms with E-state index in [-0.39, 0.29) is 11.5 Å². The van der Waals surface area contributed by atoms with Crippen molar-refractivity contribution in [3.63, 3.8) is 0 Å². The third kappa shape index (κ3) is 4.55. The summed E-state index contributed by atoms with van der Waals surface area (Å²) < 4.78 is 21.4. The Labute approximate surface area is 143 Å². The molecule has 0 radical (unpaired) electrons. The van der Waals surface area contributed by atoms with Crippen LogP contribution in [0.3, 0.4) is 0 Å². The van der Waals surface area contributed by atoms with Crippen LogP contribution in [-0.2, 0) is 4.57 Å². The molecule has 0 aliphatic carbocycles. The van der Waals surface area contributed by atoms with E-state index >= 15 is 0 Å². The summed E-state index contributed by atoms with van der Waals surface area (Å²) in [7, 11) is -4.22. The molecule has 0 aromatic heterocycles. The van der Waals surface area contributed by atoms with Gasteiger partial charge in [0, 0.05) is 0 Å². The zero-order valence-corrected chi connectivity index (χ0v) is 14.3. The Morgan fingerprint density at radius 1 is 0.864 bits per heavy atom. The van der Waals surface area contributed by atoms with Gasteiger partial charge in [-0.3, -0.25) is 0 Å². The van der Waals surface area contributed by atoms with Crippen molar-refractivity contribution in [2.75, 3.05) is 0 Å². The summed E-state index contributed by atoms with van der Waals surface area (Å²) in [4.78, 5) is 0. The number of alkyl halides is 3. The third-order valence-electron chi connectivity index (χ3n) is 2.54. The molecule has 2 rings (SSSR count). The van der Waals surface area contributed by atoms with Crippen LogP contribution in [0.2, 0.25) is 0 Å². The summed E-state index contributed by atoms with van der Waals surface area (Å²) in [5, 5.41) is 10.1. The lowest BCUT2D eigenvalue weighted by molar-refractivity contribution is 0.212. The first-order chi connectivity index (χ1) is 10.3. The fraction of sp³-hybridized carbons (Fsp3) is 0.143. The van der Waals surface area contributed by atoms with Gasteiger partial charge in [0.25, 0.3) is 0 Å². The van der Waals surface area contributed by atoms with Gasteiger partial charge in [-0.15, -0.1) is 0 Å². The Morgan fingerprint density at radius 3 is 1.55 bits per heavy atom. The van der Waals surface area contributed by atoms with Gasteiger partial charge >= 0.3 is 7.60 Å². The Hall–Kier alpha value is -0.900. The van der Waals surface area contributed by atoms with Gasteiger partial charge in [-0.2, -0.15) is 0 Å². The van der Waals surface area contributed by atoms with Crippen LogP contribution in [0, 0.1) is 0 Å². The van der Waals surface area contributed by atoms with Crippen LogP contribution >= 0.6 is 42.4 Å². The first kappa shape index (κ1) is 17.5. The molecule has 0 saturated carbocycles. The van der Waals surface area contributed by atoms with Crippen LogP contribution in [0.5, 0.6) is 11.5 Å². The number of hydrogen-bond acceptors (Lipinski definition) is 4. The van der Waals surface area contributed by atoms with Crippen LogP contribution in [0.15, 0.2) is 60.7 Å². The largest absolute Gasteiger partial charge is 0.463 e. The monoisotopic (exact) mass is 380 g/mol. The zero-order valence-electron chi connectivity index (χ0n) is 11.1. The number of para-hydroxylation sites is 2. The van der Waals surface area contributed by atoms with E-state index in [2.05, 4.69) is 0 Å². The Kier molecular flexibility index (Phi) is 5.65. The van der Waals surface area contributed by atoms with Crippen molar-refractivity contribution < 1.29 is 18.7 Å². The fourth-order valence-electron chi connectivity index (χ4n) is 1.55. The van der Waals surface area contributed by atoms with E-state index in [1.54, 1.807) is 60.7 Å². The van der Waals surface area contributed by atoms with Gasteiger partial charge in [-0.25, -0.2) is 4.57 Å². The van der Waals surface area contributed by atoms with Gasteiger partial charge in [0.05, 0.1) is 0 Å². The lowest BCUT2D eigenvalue weighted by Gasteiger charge is -2.27. The highest BCUT2D eigenvalue weighted by molar-refractivity contribution is 7.55. The van der Waals surface area contributed by atoms with Crippen molar-refractivity contribution in [2.45, 2.75) is 9.64 Å². The molecule has 2 aromatic rings. The Morgan fingerprint density at radius 2 is 1.23 bits per heavy atom. The lowest BCUT2D eigenvalue weighted by Crippen LogP contribution is -2.29. The summed E-state index contributed by atoms with van der Waals surface area (Å²) in [6.07, 6.45) is 0. The second-order valence-corrected chi connectivity index (χ2v) is 8.57. The number of hydrogen-bond donors (Lipinski definition) is 1. The average molecular weight is 382 g/mol. The van der Waals surface area contributed by atoms with Crippen LogP contribution in [0.4, 0.5) is 0 Å². The standard InChI is InChI=1S/C14H12Cl3O4P/c15-14(16,17)13(18)22(19,20-11-7-3-1-4-8-11)21-12-9-5-2-6-10-12/h1-10,13,18H. The Balaban J connectivity index is 2.34. The van der Waals surface area contributed by atoms with Crippen LogP contribution < -0.4 is 9.05 Å². The molecule has 2 aromatic carbocycles. The van der Waals surface area contributed by atoms with Crippen molar-refractivity contribution in [1.82, 2.24) is 0 Å². The molecule has 0 heterocycles. The molecule has 22 heavy (non-hydrogen) atoms. The normalized spacial score (nSPS) is 13.5. The predicted octanol–water partition coefficient (Wildman–Crippen LogP) is 5.03. The molecular weight excluding hydrogens is 369 g/mol. The van der Waals surface area contributed by atoms with Crippen LogP contribution in [-0.4, -0.2) is 14.7 Å². The third-order valence-corrected chi connectivity index (χ3v) is 5.54. The van der Waals surface area contributed by atoms with Gasteiger partial charge in [0.15, 0.2) is 0 Å². The molecular formula is C14H12Cl3O4P. The molecule has 0 aliphatic heterocycles. The number of benzene rings is 2. The van der Waals surface area contributed by atoms with Gasteiger partial charge in [-0.1, -0.05) is 71.2 Å². The number of aliphatic hydroxyl groups excluding tert-OH is 1. The molecule has 1 N–H and O–H groups in total. The van der Waals surface area contributed by atoms with E-state index in [1.807, 2.05) is 0 Å². The van der Waals surface area contributed by atoms with E-state index in [0.717, 1.165) is 0 Å². The second-order valence-electron chi connectivity index (χ2n) is 4.26. The number of rotatable bonds is 5. The van der Waals surface area contributed by atoms with Gasteiger partial charge < -0.3 is 14.2 Å². The summed E-state index contributed by atoms with van der Waals surface area (Å²) in [6.45, 7) is 0. The first-order valence-electron chi connectivity index (χ1n) is 6.15. The topological polar surface area (TPSA) is 55.8 Å². The maximum atomic E-state index is 13.0. The molecule has 0 saturated heterocycles. The SMILES string of the molecule is O=P(Oc1ccccc1)(Oc1ccccc1)C(O)C(Cl)(Cl)Cl. The van der Waals surface area contributed by atoms with Crippen LogP contribution in [0.25, 0.3) is 0 Å². The van der Waals surface area contributed by atoms with Gasteiger partial charge in [-0.05, 0) is 24.3 Å². The molecule has 4 nitrogen and oxygen atoms in total. The minimum Gasteiger partial charge on any atom is -0.414 e. The maximum Gasteiger partial charge on any atom is 0.463 e. The van der Waals surface area contributed by atoms with E-state index in [0.29, 0.717) is 0 Å². The van der Waals surface area contributed by atoms with Crippen molar-refractivity contribution in [1.29, 1.82) is 0 Å². The highest BCUT2D eigenvalue weighted by atomic mass is 35.6. The molecule has 1 atom stereocenters. The highest BCUT2D eigenvalue weighted by Gasteiger charge is 2.50. The van der Waals surface area contributed by atoms with E-state index in [1.165, 1.54) is 0 Å². The predicted molar refractivity (Wildman–Crippen MR) is 88.0 cm³/mol. The highest BCUT2D eigenvalue weighted by Crippen LogP contribution is 2.58. The summed E-state index contributed by atoms with van der Waals surface area (Å²) in [5.41, 5.74) is 0. The molecule has 0 aliphatic rings. The molecule has 0 spiro atoms. The van der Waals surface area contributed by atoms with Crippen molar-refractivity contribution >= 4 is 42.4 Å². The summed E-state index contributed by atoms with van der Waals surface area (Å²) >= 11 is 16.9. The summed E-state index contributed by atoms with van der Waals surface area (Å²) in [6, 6.07) is 16.4. The number of halogens is 3. The maximum absolute atomic E-state index is 13.0. The van der Waals surface area contributed by atoms with Crippen LogP contribution in [0.1, 0.15) is 0 Å². The Bertz CT molecular complexity index is 601.